The molecule has 1 N–H and O–H groups in total. The van der Waals surface area contributed by atoms with Gasteiger partial charge in [-0.25, -0.2) is 12.8 Å². The number of piperidine rings is 1. The molecule has 30 heavy (non-hydrogen) atoms. The summed E-state index contributed by atoms with van der Waals surface area (Å²) in [5.74, 6) is -0.898. The van der Waals surface area contributed by atoms with Gasteiger partial charge in [0.1, 0.15) is 5.82 Å². The zero-order valence-corrected chi connectivity index (χ0v) is 17.8. The van der Waals surface area contributed by atoms with Crippen molar-refractivity contribution in [1.29, 1.82) is 0 Å². The van der Waals surface area contributed by atoms with E-state index in [2.05, 4.69) is 5.32 Å². The first-order chi connectivity index (χ1) is 14.3. The lowest BCUT2D eigenvalue weighted by Gasteiger charge is -2.30. The fourth-order valence-electron chi connectivity index (χ4n) is 3.56. The fourth-order valence-corrected chi connectivity index (χ4v) is 6.05. The molecule has 0 bridgehead atoms. The van der Waals surface area contributed by atoms with E-state index in [9.17, 15) is 22.4 Å². The van der Waals surface area contributed by atoms with Gasteiger partial charge in [0.15, 0.2) is 0 Å². The van der Waals surface area contributed by atoms with Crippen LogP contribution in [-0.4, -0.2) is 36.3 Å². The molecule has 2 aromatic carbocycles. The number of rotatable bonds is 4. The summed E-state index contributed by atoms with van der Waals surface area (Å²) in [7, 11) is -2.06. The van der Waals surface area contributed by atoms with E-state index in [1.807, 2.05) is 0 Å². The second kappa shape index (κ2) is 7.93. The lowest BCUT2D eigenvalue weighted by atomic mass is 9.97. The Morgan fingerprint density at radius 2 is 1.80 bits per heavy atom. The first kappa shape index (κ1) is 20.7. The average molecular weight is 450 g/mol. The highest BCUT2D eigenvalue weighted by Gasteiger charge is 2.32. The molecule has 0 atom stereocenters. The van der Waals surface area contributed by atoms with Gasteiger partial charge in [-0.05, 0) is 55.3 Å². The summed E-state index contributed by atoms with van der Waals surface area (Å²) in [6, 6.07) is 10.2. The van der Waals surface area contributed by atoms with Gasteiger partial charge in [0.05, 0.1) is 15.1 Å². The average Bonchev–Trinajstić information content (AvgIpc) is 3.03. The topological polar surface area (TPSA) is 88.5 Å². The molecule has 1 fully saturated rings. The summed E-state index contributed by atoms with van der Waals surface area (Å²) in [5, 5.41) is 2.75. The Labute approximate surface area is 176 Å². The van der Waals surface area contributed by atoms with Gasteiger partial charge in [-0.2, -0.15) is 4.31 Å². The first-order valence-electron chi connectivity index (χ1n) is 9.42. The van der Waals surface area contributed by atoms with E-state index in [1.54, 1.807) is 13.1 Å². The Balaban J connectivity index is 1.44. The van der Waals surface area contributed by atoms with Crippen LogP contribution in [0.2, 0.25) is 0 Å². The number of carbonyl (C=O) groups excluding carboxylic acids is 1. The largest absolute Gasteiger partial charge is 0.326 e. The van der Waals surface area contributed by atoms with E-state index in [-0.39, 0.29) is 40.5 Å². The Bertz CT molecular complexity index is 1260. The molecule has 1 amide bonds. The molecule has 4 rings (SSSR count). The third-order valence-corrected chi connectivity index (χ3v) is 8.23. The number of benzene rings is 2. The summed E-state index contributed by atoms with van der Waals surface area (Å²) in [5.41, 5.74) is 1.20. The van der Waals surface area contributed by atoms with Crippen LogP contribution in [0.15, 0.2) is 52.2 Å². The number of sulfonamides is 1. The number of thiazole rings is 1. The van der Waals surface area contributed by atoms with Gasteiger partial charge in [-0.1, -0.05) is 11.3 Å². The minimum absolute atomic E-state index is 0.145. The van der Waals surface area contributed by atoms with Crippen molar-refractivity contribution in [2.45, 2.75) is 17.7 Å². The van der Waals surface area contributed by atoms with Gasteiger partial charge in [0, 0.05) is 31.7 Å². The molecule has 0 spiro atoms. The number of aromatic nitrogens is 1. The number of nitrogens with zero attached hydrogens (tertiary/aromatic N) is 2. The summed E-state index contributed by atoms with van der Waals surface area (Å²) in [6.45, 7) is 0.458. The van der Waals surface area contributed by atoms with Gasteiger partial charge in [-0.15, -0.1) is 0 Å². The second-order valence-electron chi connectivity index (χ2n) is 7.23. The van der Waals surface area contributed by atoms with Gasteiger partial charge in [0.25, 0.3) is 0 Å². The van der Waals surface area contributed by atoms with Gasteiger partial charge < -0.3 is 9.88 Å². The van der Waals surface area contributed by atoms with Crippen LogP contribution in [0.4, 0.5) is 10.1 Å². The zero-order valence-electron chi connectivity index (χ0n) is 16.2. The van der Waals surface area contributed by atoms with Crippen molar-refractivity contribution in [2.75, 3.05) is 18.4 Å². The highest BCUT2D eigenvalue weighted by molar-refractivity contribution is 7.89. The number of halogens is 1. The Morgan fingerprint density at radius 1 is 1.13 bits per heavy atom. The molecule has 0 unspecified atom stereocenters. The van der Waals surface area contributed by atoms with Crippen molar-refractivity contribution in [3.63, 3.8) is 0 Å². The maximum atomic E-state index is 13.0. The minimum atomic E-state index is -3.71. The first-order valence-corrected chi connectivity index (χ1v) is 11.7. The second-order valence-corrected chi connectivity index (χ2v) is 10.2. The van der Waals surface area contributed by atoms with Gasteiger partial charge in [0.2, 0.25) is 15.9 Å². The number of carbonyl (C=O) groups is 1. The monoisotopic (exact) mass is 449 g/mol. The zero-order chi connectivity index (χ0) is 21.5. The summed E-state index contributed by atoms with van der Waals surface area (Å²) < 4.78 is 42.5. The van der Waals surface area contributed by atoms with Crippen LogP contribution in [-0.2, 0) is 21.9 Å². The van der Waals surface area contributed by atoms with Crippen molar-refractivity contribution in [3.8, 4) is 0 Å². The summed E-state index contributed by atoms with van der Waals surface area (Å²) >= 11 is 1.01. The number of hydrogen-bond acceptors (Lipinski definition) is 5. The van der Waals surface area contributed by atoms with E-state index < -0.39 is 10.0 Å². The van der Waals surface area contributed by atoms with Gasteiger partial charge in [-0.3, -0.25) is 9.59 Å². The Hall–Kier alpha value is -2.56. The molecule has 1 aliphatic heterocycles. The van der Waals surface area contributed by atoms with Crippen molar-refractivity contribution < 1.29 is 17.6 Å². The molecule has 0 radical (unpaired) electrons. The SMILES string of the molecule is Cn1c(=O)sc2cc(S(=O)(=O)N3CCC(C(=O)Nc4ccc(F)cc4)CC3)ccc21. The van der Waals surface area contributed by atoms with Gasteiger partial charge >= 0.3 is 4.87 Å². The van der Waals surface area contributed by atoms with E-state index in [4.69, 9.17) is 0 Å². The molecule has 7 nitrogen and oxygen atoms in total. The smallest absolute Gasteiger partial charge is 0.307 e. The van der Waals surface area contributed by atoms with Crippen molar-refractivity contribution in [3.05, 3.63) is 57.9 Å². The van der Waals surface area contributed by atoms with Crippen molar-refractivity contribution >= 4 is 43.2 Å². The summed E-state index contributed by atoms with van der Waals surface area (Å²) in [4.78, 5) is 24.3. The third-order valence-electron chi connectivity index (χ3n) is 5.34. The number of anilines is 1. The van der Waals surface area contributed by atoms with Crippen LogP contribution in [0, 0.1) is 11.7 Å². The lowest BCUT2D eigenvalue weighted by Crippen LogP contribution is -2.41. The lowest BCUT2D eigenvalue weighted by molar-refractivity contribution is -0.120. The normalized spacial score (nSPS) is 16.1. The molecule has 1 aromatic heterocycles. The molecule has 1 aliphatic rings. The Morgan fingerprint density at radius 3 is 2.47 bits per heavy atom. The summed E-state index contributed by atoms with van der Waals surface area (Å²) in [6.07, 6.45) is 0.792. The van der Waals surface area contributed by atoms with Crippen LogP contribution in [0.3, 0.4) is 0 Å². The number of fused-ring (bicyclic) bond motifs is 1. The molecule has 10 heteroatoms. The molecule has 0 saturated carbocycles. The fraction of sp³-hybridized carbons (Fsp3) is 0.300. The van der Waals surface area contributed by atoms with Crippen LogP contribution >= 0.6 is 11.3 Å². The predicted molar refractivity (Wildman–Crippen MR) is 114 cm³/mol. The third kappa shape index (κ3) is 3.90. The van der Waals surface area contributed by atoms with Crippen LogP contribution < -0.4 is 10.2 Å². The number of nitrogens with one attached hydrogen (secondary N) is 1. The molecular formula is C20H20FN3O4S2. The van der Waals surface area contributed by atoms with Crippen molar-refractivity contribution in [1.82, 2.24) is 8.87 Å². The Kier molecular flexibility index (Phi) is 5.48. The number of amides is 1. The molecule has 1 saturated heterocycles. The molecule has 0 aliphatic carbocycles. The standard InChI is InChI=1S/C20H20FN3O4S2/c1-23-17-7-6-16(12-18(17)29-20(23)26)30(27,28)24-10-8-13(9-11-24)19(25)22-15-4-2-14(21)3-5-15/h2-7,12-13H,8-11H2,1H3,(H,22,25). The van der Waals surface area contributed by atoms with Crippen molar-refractivity contribution in [2.24, 2.45) is 13.0 Å². The highest BCUT2D eigenvalue weighted by atomic mass is 32.2. The van der Waals surface area contributed by atoms with Crippen LogP contribution in [0.1, 0.15) is 12.8 Å². The highest BCUT2D eigenvalue weighted by Crippen LogP contribution is 2.27. The van der Waals surface area contributed by atoms with E-state index in [0.717, 1.165) is 11.3 Å². The molecule has 158 valence electrons. The van der Waals surface area contributed by atoms with E-state index in [0.29, 0.717) is 28.7 Å². The maximum Gasteiger partial charge on any atom is 0.307 e. The quantitative estimate of drug-likeness (QED) is 0.663. The number of aryl methyl sites for hydroxylation is 1. The van der Waals surface area contributed by atoms with Crippen LogP contribution in [0.25, 0.3) is 10.2 Å². The minimum Gasteiger partial charge on any atom is -0.326 e. The number of hydrogen-bond donors (Lipinski definition) is 1. The predicted octanol–water partition coefficient (Wildman–Crippen LogP) is 2.78. The molecule has 2 heterocycles. The van der Waals surface area contributed by atoms with E-state index in [1.165, 1.54) is 45.3 Å². The molecule has 3 aromatic rings. The maximum absolute atomic E-state index is 13.0. The van der Waals surface area contributed by atoms with E-state index >= 15 is 0 Å². The van der Waals surface area contributed by atoms with Crippen LogP contribution in [0.5, 0.6) is 0 Å². The molecular weight excluding hydrogens is 429 g/mol.